The average Bonchev–Trinajstić information content (AvgIpc) is 3.27. The molecule has 0 spiro atoms. The number of carbonyl (C=O) groups excluding carboxylic acids is 3. The second kappa shape index (κ2) is 8.63. The van der Waals surface area contributed by atoms with E-state index in [1.807, 2.05) is 24.3 Å². The molecule has 1 aliphatic heterocycles. The van der Waals surface area contributed by atoms with Gasteiger partial charge in [-0.1, -0.05) is 18.2 Å². The van der Waals surface area contributed by atoms with Gasteiger partial charge in [0.15, 0.2) is 5.13 Å². The zero-order valence-corrected chi connectivity index (χ0v) is 15.6. The Morgan fingerprint density at radius 2 is 2.19 bits per heavy atom. The number of imide groups is 1. The van der Waals surface area contributed by atoms with E-state index in [1.54, 1.807) is 18.7 Å². The van der Waals surface area contributed by atoms with Gasteiger partial charge in [0.2, 0.25) is 5.91 Å². The summed E-state index contributed by atoms with van der Waals surface area (Å²) in [5, 5.41) is 7.58. The number of nitrogens with one attached hydrogen (secondary N) is 2. The molecule has 0 aliphatic carbocycles. The molecule has 8 nitrogen and oxygen atoms in total. The third-order valence-corrected chi connectivity index (χ3v) is 4.93. The van der Waals surface area contributed by atoms with Crippen LogP contribution in [0.25, 0.3) is 0 Å². The number of para-hydroxylation sites is 1. The van der Waals surface area contributed by atoms with E-state index in [0.717, 1.165) is 11.3 Å². The second-order valence-electron chi connectivity index (χ2n) is 5.98. The SMILES string of the molecule is COc1ccccc1CCN1C(=O)N[C@H](CCC(=O)Nc2nccs2)C1=O. The number of carbonyl (C=O) groups is 3. The molecule has 9 heteroatoms. The summed E-state index contributed by atoms with van der Waals surface area (Å²) in [7, 11) is 1.58. The summed E-state index contributed by atoms with van der Waals surface area (Å²) in [5.41, 5.74) is 0.923. The zero-order valence-electron chi connectivity index (χ0n) is 14.8. The molecule has 0 radical (unpaired) electrons. The maximum atomic E-state index is 12.5. The fraction of sp³-hybridized carbons (Fsp3) is 0.333. The van der Waals surface area contributed by atoms with Crippen molar-refractivity contribution in [3.05, 3.63) is 41.4 Å². The van der Waals surface area contributed by atoms with Crippen molar-refractivity contribution in [1.82, 2.24) is 15.2 Å². The van der Waals surface area contributed by atoms with E-state index in [4.69, 9.17) is 4.74 Å². The molecule has 0 saturated carbocycles. The first-order valence-electron chi connectivity index (χ1n) is 8.51. The minimum atomic E-state index is -0.683. The van der Waals surface area contributed by atoms with Crippen LogP contribution in [0, 0.1) is 0 Å². The summed E-state index contributed by atoms with van der Waals surface area (Å²) in [5.74, 6) is 0.177. The van der Waals surface area contributed by atoms with Gasteiger partial charge in [0.25, 0.3) is 5.91 Å². The topological polar surface area (TPSA) is 101 Å². The van der Waals surface area contributed by atoms with E-state index in [9.17, 15) is 14.4 Å². The van der Waals surface area contributed by atoms with Crippen LogP contribution in [0.2, 0.25) is 0 Å². The second-order valence-corrected chi connectivity index (χ2v) is 6.87. The fourth-order valence-electron chi connectivity index (χ4n) is 2.87. The molecule has 2 N–H and O–H groups in total. The molecule has 1 aromatic carbocycles. The highest BCUT2D eigenvalue weighted by atomic mass is 32.1. The molecule has 4 amide bonds. The highest BCUT2D eigenvalue weighted by Gasteiger charge is 2.37. The third kappa shape index (κ3) is 4.62. The minimum absolute atomic E-state index is 0.122. The van der Waals surface area contributed by atoms with Gasteiger partial charge in [-0.15, -0.1) is 11.3 Å². The summed E-state index contributed by atoms with van der Waals surface area (Å²) in [6.45, 7) is 0.257. The van der Waals surface area contributed by atoms with E-state index in [2.05, 4.69) is 15.6 Å². The van der Waals surface area contributed by atoms with Crippen molar-refractivity contribution in [2.45, 2.75) is 25.3 Å². The van der Waals surface area contributed by atoms with Gasteiger partial charge in [-0.25, -0.2) is 9.78 Å². The smallest absolute Gasteiger partial charge is 0.324 e. The third-order valence-electron chi connectivity index (χ3n) is 4.24. The lowest BCUT2D eigenvalue weighted by Crippen LogP contribution is -2.33. The Balaban J connectivity index is 1.51. The van der Waals surface area contributed by atoms with Crippen LogP contribution >= 0.6 is 11.3 Å². The van der Waals surface area contributed by atoms with Crippen LogP contribution in [0.4, 0.5) is 9.93 Å². The number of hydrogen-bond donors (Lipinski definition) is 2. The predicted octanol–water partition coefficient (Wildman–Crippen LogP) is 2.03. The van der Waals surface area contributed by atoms with Crippen LogP contribution in [-0.4, -0.2) is 47.4 Å². The molecular formula is C18H20N4O4S. The van der Waals surface area contributed by atoms with E-state index < -0.39 is 12.1 Å². The maximum Gasteiger partial charge on any atom is 0.324 e. The highest BCUT2D eigenvalue weighted by Crippen LogP contribution is 2.20. The Morgan fingerprint density at radius 3 is 2.93 bits per heavy atom. The van der Waals surface area contributed by atoms with Crippen LogP contribution < -0.4 is 15.4 Å². The van der Waals surface area contributed by atoms with Crippen molar-refractivity contribution >= 4 is 34.3 Å². The molecular weight excluding hydrogens is 368 g/mol. The number of rotatable bonds is 8. The standard InChI is InChI=1S/C18H20N4O4S/c1-26-14-5-3-2-4-12(14)8-10-22-16(24)13(20-18(22)25)6-7-15(23)21-17-19-9-11-27-17/h2-5,9,11,13H,6-8,10H2,1H3,(H,20,25)(H,19,21,23)/t13-/m1/s1. The lowest BCUT2D eigenvalue weighted by atomic mass is 10.1. The summed E-state index contributed by atoms with van der Waals surface area (Å²) < 4.78 is 5.29. The largest absolute Gasteiger partial charge is 0.496 e. The zero-order chi connectivity index (χ0) is 19.2. The number of methoxy groups -OCH3 is 1. The first-order chi connectivity index (χ1) is 13.1. The van der Waals surface area contributed by atoms with E-state index in [0.29, 0.717) is 11.6 Å². The number of aromatic nitrogens is 1. The molecule has 142 valence electrons. The molecule has 2 aromatic rings. The van der Waals surface area contributed by atoms with Crippen LogP contribution in [0.1, 0.15) is 18.4 Å². The molecule has 1 atom stereocenters. The number of ether oxygens (including phenoxy) is 1. The van der Waals surface area contributed by atoms with Crippen molar-refractivity contribution in [1.29, 1.82) is 0 Å². The predicted molar refractivity (Wildman–Crippen MR) is 101 cm³/mol. The van der Waals surface area contributed by atoms with Crippen LogP contribution in [0.5, 0.6) is 5.75 Å². The Bertz CT molecular complexity index is 825. The number of urea groups is 1. The van der Waals surface area contributed by atoms with E-state index in [-0.39, 0.29) is 31.2 Å². The molecule has 2 heterocycles. The van der Waals surface area contributed by atoms with Crippen LogP contribution in [0.3, 0.4) is 0 Å². The quantitative estimate of drug-likeness (QED) is 0.674. The molecule has 0 bridgehead atoms. The molecule has 0 unspecified atom stereocenters. The van der Waals surface area contributed by atoms with Gasteiger partial charge in [0.1, 0.15) is 11.8 Å². The van der Waals surface area contributed by atoms with Crippen molar-refractivity contribution in [2.24, 2.45) is 0 Å². The van der Waals surface area contributed by atoms with Gasteiger partial charge in [0.05, 0.1) is 7.11 Å². The van der Waals surface area contributed by atoms with Crippen molar-refractivity contribution in [3.8, 4) is 5.75 Å². The lowest BCUT2D eigenvalue weighted by Gasteiger charge is -2.14. The van der Waals surface area contributed by atoms with E-state index in [1.165, 1.54) is 16.2 Å². The molecule has 1 saturated heterocycles. The van der Waals surface area contributed by atoms with Gasteiger partial charge in [0, 0.05) is 24.5 Å². The molecule has 1 aliphatic rings. The number of nitrogens with zero attached hydrogens (tertiary/aromatic N) is 2. The monoisotopic (exact) mass is 388 g/mol. The number of amides is 4. The van der Waals surface area contributed by atoms with Crippen molar-refractivity contribution in [2.75, 3.05) is 19.0 Å². The minimum Gasteiger partial charge on any atom is -0.496 e. The number of thiazole rings is 1. The summed E-state index contributed by atoms with van der Waals surface area (Å²) in [6.07, 6.45) is 2.46. The van der Waals surface area contributed by atoms with Gasteiger partial charge < -0.3 is 15.4 Å². The lowest BCUT2D eigenvalue weighted by molar-refractivity contribution is -0.127. The van der Waals surface area contributed by atoms with Gasteiger partial charge >= 0.3 is 6.03 Å². The molecule has 3 rings (SSSR count). The van der Waals surface area contributed by atoms with Crippen LogP contribution in [0.15, 0.2) is 35.8 Å². The normalized spacial score (nSPS) is 16.3. The van der Waals surface area contributed by atoms with Gasteiger partial charge in [-0.2, -0.15) is 0 Å². The summed E-state index contributed by atoms with van der Waals surface area (Å²) in [6, 6.07) is 6.37. The van der Waals surface area contributed by atoms with Gasteiger partial charge in [-0.3, -0.25) is 14.5 Å². The Labute approximate surface area is 160 Å². The maximum absolute atomic E-state index is 12.5. The Hall–Kier alpha value is -2.94. The fourth-order valence-corrected chi connectivity index (χ4v) is 3.41. The first-order valence-corrected chi connectivity index (χ1v) is 9.39. The Kier molecular flexibility index (Phi) is 6.02. The summed E-state index contributed by atoms with van der Waals surface area (Å²) >= 11 is 1.32. The number of benzene rings is 1. The summed E-state index contributed by atoms with van der Waals surface area (Å²) in [4.78, 5) is 41.7. The van der Waals surface area contributed by atoms with Crippen molar-refractivity contribution < 1.29 is 19.1 Å². The first kappa shape index (κ1) is 18.8. The molecule has 27 heavy (non-hydrogen) atoms. The molecule has 1 aromatic heterocycles. The molecule has 1 fully saturated rings. The average molecular weight is 388 g/mol. The van der Waals surface area contributed by atoms with Crippen LogP contribution in [-0.2, 0) is 16.0 Å². The Morgan fingerprint density at radius 1 is 1.37 bits per heavy atom. The van der Waals surface area contributed by atoms with Gasteiger partial charge in [-0.05, 0) is 24.5 Å². The highest BCUT2D eigenvalue weighted by molar-refractivity contribution is 7.13. The number of anilines is 1. The van der Waals surface area contributed by atoms with Crippen molar-refractivity contribution in [3.63, 3.8) is 0 Å². The number of hydrogen-bond acceptors (Lipinski definition) is 6. The van der Waals surface area contributed by atoms with E-state index >= 15 is 0 Å².